The SMILES string of the molecule is CCOCCCN(CC(=O)N(CCc1ccc(OC)c(OC)c1)Cc1ccc(C)s1)C(=O)Nc1ccc(Cl)cc1. The van der Waals surface area contributed by atoms with Gasteiger partial charge in [0.15, 0.2) is 11.5 Å². The summed E-state index contributed by atoms with van der Waals surface area (Å²) in [6.07, 6.45) is 1.24. The smallest absolute Gasteiger partial charge is 0.322 e. The molecular weight excluding hydrogens is 550 g/mol. The first kappa shape index (κ1) is 31.3. The van der Waals surface area contributed by atoms with Crippen LogP contribution in [0.15, 0.2) is 54.6 Å². The quantitative estimate of drug-likeness (QED) is 0.212. The van der Waals surface area contributed by atoms with E-state index in [9.17, 15) is 9.59 Å². The van der Waals surface area contributed by atoms with Gasteiger partial charge in [0.05, 0.1) is 20.8 Å². The van der Waals surface area contributed by atoms with Crippen LogP contribution in [-0.2, 0) is 22.5 Å². The number of urea groups is 1. The molecule has 1 N–H and O–H groups in total. The molecule has 1 aromatic heterocycles. The Balaban J connectivity index is 1.75. The molecule has 0 saturated carbocycles. The lowest BCUT2D eigenvalue weighted by molar-refractivity contribution is -0.132. The van der Waals surface area contributed by atoms with Crippen LogP contribution in [-0.4, -0.2) is 68.8 Å². The number of rotatable bonds is 15. The molecule has 3 amide bonds. The fourth-order valence-electron chi connectivity index (χ4n) is 4.10. The number of ether oxygens (including phenoxy) is 3. The van der Waals surface area contributed by atoms with E-state index in [0.717, 1.165) is 10.4 Å². The molecule has 0 aliphatic carbocycles. The van der Waals surface area contributed by atoms with Crippen molar-refractivity contribution in [2.45, 2.75) is 33.2 Å². The highest BCUT2D eigenvalue weighted by molar-refractivity contribution is 7.11. The van der Waals surface area contributed by atoms with Crippen molar-refractivity contribution in [2.75, 3.05) is 52.4 Å². The third kappa shape index (κ3) is 9.73. The fraction of sp³-hybridized carbons (Fsp3) is 0.400. The zero-order chi connectivity index (χ0) is 28.9. The Kier molecular flexibility index (Phi) is 12.6. The highest BCUT2D eigenvalue weighted by Crippen LogP contribution is 2.28. The summed E-state index contributed by atoms with van der Waals surface area (Å²) in [5.41, 5.74) is 1.63. The molecule has 10 heteroatoms. The van der Waals surface area contributed by atoms with Crippen molar-refractivity contribution < 1.29 is 23.8 Å². The number of anilines is 1. The molecule has 8 nitrogen and oxygen atoms in total. The first-order valence-electron chi connectivity index (χ1n) is 13.3. The van der Waals surface area contributed by atoms with E-state index >= 15 is 0 Å². The zero-order valence-electron chi connectivity index (χ0n) is 23.6. The van der Waals surface area contributed by atoms with Crippen LogP contribution in [0.3, 0.4) is 0 Å². The first-order chi connectivity index (χ1) is 19.3. The molecule has 3 aromatic rings. The first-order valence-corrected chi connectivity index (χ1v) is 14.5. The summed E-state index contributed by atoms with van der Waals surface area (Å²) >= 11 is 7.65. The molecule has 216 valence electrons. The van der Waals surface area contributed by atoms with Gasteiger partial charge in [0.2, 0.25) is 5.91 Å². The van der Waals surface area contributed by atoms with E-state index in [0.29, 0.717) is 67.9 Å². The molecule has 1 heterocycles. The molecule has 0 aliphatic rings. The van der Waals surface area contributed by atoms with Crippen molar-refractivity contribution in [3.8, 4) is 11.5 Å². The Bertz CT molecular complexity index is 1230. The molecule has 40 heavy (non-hydrogen) atoms. The maximum absolute atomic E-state index is 13.7. The maximum Gasteiger partial charge on any atom is 0.322 e. The van der Waals surface area contributed by atoms with Crippen molar-refractivity contribution in [1.29, 1.82) is 0 Å². The van der Waals surface area contributed by atoms with Gasteiger partial charge in [0.25, 0.3) is 0 Å². The van der Waals surface area contributed by atoms with Gasteiger partial charge in [-0.3, -0.25) is 4.79 Å². The molecule has 0 saturated heterocycles. The maximum atomic E-state index is 13.7. The Hall–Kier alpha value is -3.27. The average molecular weight is 588 g/mol. The van der Waals surface area contributed by atoms with Crippen LogP contribution in [0.25, 0.3) is 0 Å². The van der Waals surface area contributed by atoms with Crippen molar-refractivity contribution in [1.82, 2.24) is 9.80 Å². The zero-order valence-corrected chi connectivity index (χ0v) is 25.1. The molecule has 0 unspecified atom stereocenters. The Morgan fingerprint density at radius 3 is 2.35 bits per heavy atom. The minimum atomic E-state index is -0.348. The van der Waals surface area contributed by atoms with Gasteiger partial charge >= 0.3 is 6.03 Å². The summed E-state index contributed by atoms with van der Waals surface area (Å²) in [5, 5.41) is 3.46. The van der Waals surface area contributed by atoms with Crippen LogP contribution in [0.5, 0.6) is 11.5 Å². The lowest BCUT2D eigenvalue weighted by atomic mass is 10.1. The topological polar surface area (TPSA) is 80.3 Å². The molecular formula is C30H38ClN3O5S. The molecule has 3 rings (SSSR count). The number of carbonyl (C=O) groups is 2. The highest BCUT2D eigenvalue weighted by Gasteiger charge is 2.22. The molecule has 0 bridgehead atoms. The monoisotopic (exact) mass is 587 g/mol. The number of hydrogen-bond acceptors (Lipinski definition) is 6. The number of halogens is 1. The van der Waals surface area contributed by atoms with Crippen LogP contribution in [0.1, 0.15) is 28.7 Å². The highest BCUT2D eigenvalue weighted by atomic mass is 35.5. The van der Waals surface area contributed by atoms with Crippen molar-refractivity contribution in [3.63, 3.8) is 0 Å². The second kappa shape index (κ2) is 16.1. The van der Waals surface area contributed by atoms with E-state index in [2.05, 4.69) is 11.4 Å². The number of aryl methyl sites for hydroxylation is 1. The van der Waals surface area contributed by atoms with Crippen molar-refractivity contribution >= 4 is 40.6 Å². The summed E-state index contributed by atoms with van der Waals surface area (Å²) in [7, 11) is 3.20. The number of benzene rings is 2. The van der Waals surface area contributed by atoms with E-state index < -0.39 is 0 Å². The number of amides is 3. The average Bonchev–Trinajstić information content (AvgIpc) is 3.37. The third-order valence-corrected chi connectivity index (χ3v) is 7.48. The van der Waals surface area contributed by atoms with Crippen molar-refractivity contribution in [2.24, 2.45) is 0 Å². The second-order valence-electron chi connectivity index (χ2n) is 9.18. The summed E-state index contributed by atoms with van der Waals surface area (Å²) in [5.74, 6) is 1.17. The van der Waals surface area contributed by atoms with E-state index in [1.807, 2.05) is 43.0 Å². The lowest BCUT2D eigenvalue weighted by Crippen LogP contribution is -2.45. The van der Waals surface area contributed by atoms with Gasteiger partial charge in [0.1, 0.15) is 6.54 Å². The van der Waals surface area contributed by atoms with Gasteiger partial charge in [-0.2, -0.15) is 0 Å². The number of methoxy groups -OCH3 is 2. The third-order valence-electron chi connectivity index (χ3n) is 6.24. The summed E-state index contributed by atoms with van der Waals surface area (Å²) in [4.78, 5) is 32.6. The number of carbonyl (C=O) groups excluding carboxylic acids is 2. The van der Waals surface area contributed by atoms with Crippen LogP contribution < -0.4 is 14.8 Å². The van der Waals surface area contributed by atoms with Gasteiger partial charge in [-0.1, -0.05) is 17.7 Å². The minimum absolute atomic E-state index is 0.0537. The summed E-state index contributed by atoms with van der Waals surface area (Å²) < 4.78 is 16.3. The molecule has 0 aliphatic heterocycles. The molecule has 0 spiro atoms. The fourth-order valence-corrected chi connectivity index (χ4v) is 5.14. The van der Waals surface area contributed by atoms with Gasteiger partial charge in [-0.15, -0.1) is 11.3 Å². The molecule has 2 aromatic carbocycles. The van der Waals surface area contributed by atoms with Gasteiger partial charge in [0, 0.05) is 46.8 Å². The number of thiophene rings is 1. The standard InChI is InChI=1S/C30H38ClN3O5S/c1-5-39-18-6-16-34(30(36)32-25-11-9-24(31)10-12-25)21-29(35)33(20-26-13-7-22(2)40-26)17-15-23-8-14-27(37-3)28(19-23)38-4/h7-14,19H,5-6,15-18,20-21H2,1-4H3,(H,32,36). The normalized spacial score (nSPS) is 10.7. The number of hydrogen-bond donors (Lipinski definition) is 1. The molecule has 0 fully saturated rings. The largest absolute Gasteiger partial charge is 0.493 e. The number of nitrogens with zero attached hydrogens (tertiary/aromatic N) is 2. The Morgan fingerprint density at radius 1 is 0.950 bits per heavy atom. The van der Waals surface area contributed by atoms with Crippen LogP contribution >= 0.6 is 22.9 Å². The van der Waals surface area contributed by atoms with Crippen LogP contribution in [0.4, 0.5) is 10.5 Å². The predicted molar refractivity (Wildman–Crippen MR) is 161 cm³/mol. The van der Waals surface area contributed by atoms with Crippen LogP contribution in [0, 0.1) is 6.92 Å². The summed E-state index contributed by atoms with van der Waals surface area (Å²) in [6.45, 7) is 6.36. The predicted octanol–water partition coefficient (Wildman–Crippen LogP) is 6.26. The summed E-state index contributed by atoms with van der Waals surface area (Å²) in [6, 6.07) is 16.4. The number of nitrogens with one attached hydrogen (secondary N) is 1. The van der Waals surface area contributed by atoms with Gasteiger partial charge < -0.3 is 29.3 Å². The van der Waals surface area contributed by atoms with Crippen molar-refractivity contribution in [3.05, 3.63) is 74.9 Å². The lowest BCUT2D eigenvalue weighted by Gasteiger charge is -2.28. The second-order valence-corrected chi connectivity index (χ2v) is 11.0. The van der Waals surface area contributed by atoms with E-state index in [-0.39, 0.29) is 18.5 Å². The molecule has 0 radical (unpaired) electrons. The van der Waals surface area contributed by atoms with Gasteiger partial charge in [-0.05, 0) is 80.8 Å². The Labute approximate surface area is 245 Å². The van der Waals surface area contributed by atoms with E-state index in [1.54, 1.807) is 54.7 Å². The van der Waals surface area contributed by atoms with E-state index in [4.69, 9.17) is 25.8 Å². The van der Waals surface area contributed by atoms with E-state index in [1.165, 1.54) is 4.88 Å². The minimum Gasteiger partial charge on any atom is -0.493 e. The Morgan fingerprint density at radius 2 is 1.70 bits per heavy atom. The molecule has 0 atom stereocenters. The van der Waals surface area contributed by atoms with Gasteiger partial charge in [-0.25, -0.2) is 4.79 Å². The van der Waals surface area contributed by atoms with Crippen LogP contribution in [0.2, 0.25) is 5.02 Å².